The van der Waals surface area contributed by atoms with Gasteiger partial charge in [0.2, 0.25) is 5.91 Å². The highest BCUT2D eigenvalue weighted by molar-refractivity contribution is 14.1. The van der Waals surface area contributed by atoms with Crippen LogP contribution in [-0.4, -0.2) is 12.0 Å². The van der Waals surface area contributed by atoms with Crippen molar-refractivity contribution < 1.29 is 9.53 Å². The average Bonchev–Trinajstić information content (AvgIpc) is 3.08. The van der Waals surface area contributed by atoms with Gasteiger partial charge < -0.3 is 10.1 Å². The lowest BCUT2D eigenvalue weighted by Gasteiger charge is -2.14. The lowest BCUT2D eigenvalue weighted by atomic mass is 10.1. The minimum atomic E-state index is 0.0428. The first kappa shape index (κ1) is 17.3. The molecule has 2 aromatic carbocycles. The SMILES string of the molecule is O=C(CCc1cccc(OC2CCCC2)c1)Nc1ccccc1I. The van der Waals surface area contributed by atoms with Crippen LogP contribution in [0.25, 0.3) is 0 Å². The fraction of sp³-hybridized carbons (Fsp3) is 0.350. The molecule has 1 aliphatic carbocycles. The number of carbonyl (C=O) groups excluding carboxylic acids is 1. The Balaban J connectivity index is 1.52. The van der Waals surface area contributed by atoms with Crippen LogP contribution in [0.3, 0.4) is 0 Å². The van der Waals surface area contributed by atoms with Gasteiger partial charge >= 0.3 is 0 Å². The first-order valence-corrected chi connectivity index (χ1v) is 9.58. The van der Waals surface area contributed by atoms with Gasteiger partial charge in [-0.25, -0.2) is 0 Å². The van der Waals surface area contributed by atoms with Gasteiger partial charge in [-0.2, -0.15) is 0 Å². The van der Waals surface area contributed by atoms with Gasteiger partial charge in [0.05, 0.1) is 11.8 Å². The fourth-order valence-electron chi connectivity index (χ4n) is 3.01. The zero-order chi connectivity index (χ0) is 16.8. The van der Waals surface area contributed by atoms with E-state index in [1.807, 2.05) is 36.4 Å². The number of hydrogen-bond donors (Lipinski definition) is 1. The minimum absolute atomic E-state index is 0.0428. The van der Waals surface area contributed by atoms with Crippen LogP contribution in [0, 0.1) is 3.57 Å². The molecule has 0 aromatic heterocycles. The number of carbonyl (C=O) groups is 1. The molecule has 1 amide bonds. The maximum absolute atomic E-state index is 12.2. The largest absolute Gasteiger partial charge is 0.490 e. The number of hydrogen-bond acceptors (Lipinski definition) is 2. The van der Waals surface area contributed by atoms with Crippen molar-refractivity contribution in [1.29, 1.82) is 0 Å². The molecule has 0 radical (unpaired) electrons. The van der Waals surface area contributed by atoms with Crippen LogP contribution in [0.15, 0.2) is 48.5 Å². The Morgan fingerprint density at radius 1 is 1.12 bits per heavy atom. The van der Waals surface area contributed by atoms with Crippen molar-refractivity contribution in [2.75, 3.05) is 5.32 Å². The van der Waals surface area contributed by atoms with Gasteiger partial charge in [-0.3, -0.25) is 4.79 Å². The Morgan fingerprint density at radius 2 is 1.92 bits per heavy atom. The van der Waals surface area contributed by atoms with Crippen molar-refractivity contribution in [1.82, 2.24) is 0 Å². The summed E-state index contributed by atoms with van der Waals surface area (Å²) >= 11 is 2.23. The number of aryl methyl sites for hydroxylation is 1. The number of ether oxygens (including phenoxy) is 1. The standard InChI is InChI=1S/C20H22INO2/c21-18-10-3-4-11-19(18)22-20(23)13-12-15-6-5-9-17(14-15)24-16-7-1-2-8-16/h3-6,9-11,14,16H,1-2,7-8,12-13H2,(H,22,23). The summed E-state index contributed by atoms with van der Waals surface area (Å²) in [6.07, 6.45) is 6.40. The average molecular weight is 435 g/mol. The molecule has 24 heavy (non-hydrogen) atoms. The zero-order valence-corrected chi connectivity index (χ0v) is 15.8. The van der Waals surface area contributed by atoms with Gasteiger partial charge in [0.15, 0.2) is 0 Å². The molecule has 1 saturated carbocycles. The Hall–Kier alpha value is -1.56. The third-order valence-electron chi connectivity index (χ3n) is 4.29. The first-order valence-electron chi connectivity index (χ1n) is 8.51. The summed E-state index contributed by atoms with van der Waals surface area (Å²) in [7, 11) is 0. The summed E-state index contributed by atoms with van der Waals surface area (Å²) in [4.78, 5) is 12.2. The van der Waals surface area contributed by atoms with Crippen LogP contribution in [0.4, 0.5) is 5.69 Å². The molecule has 1 aliphatic rings. The monoisotopic (exact) mass is 435 g/mol. The van der Waals surface area contributed by atoms with E-state index in [4.69, 9.17) is 4.74 Å². The van der Waals surface area contributed by atoms with Crippen molar-refractivity contribution >= 4 is 34.2 Å². The van der Waals surface area contributed by atoms with Gasteiger partial charge in [0, 0.05) is 9.99 Å². The van der Waals surface area contributed by atoms with Gasteiger partial charge in [0.25, 0.3) is 0 Å². The summed E-state index contributed by atoms with van der Waals surface area (Å²) in [6, 6.07) is 16.0. The predicted octanol–water partition coefficient (Wildman–Crippen LogP) is 5.18. The third kappa shape index (κ3) is 4.97. The van der Waals surface area contributed by atoms with E-state index in [-0.39, 0.29) is 5.91 Å². The van der Waals surface area contributed by atoms with E-state index in [9.17, 15) is 4.79 Å². The van der Waals surface area contributed by atoms with Crippen molar-refractivity contribution in [3.63, 3.8) is 0 Å². The van der Waals surface area contributed by atoms with Crippen LogP contribution in [0.2, 0.25) is 0 Å². The van der Waals surface area contributed by atoms with E-state index in [2.05, 4.69) is 40.0 Å². The highest BCUT2D eigenvalue weighted by Crippen LogP contribution is 2.25. The van der Waals surface area contributed by atoms with Crippen molar-refractivity contribution in [3.8, 4) is 5.75 Å². The van der Waals surface area contributed by atoms with Gasteiger partial charge in [0.1, 0.15) is 5.75 Å². The Kier molecular flexibility index (Phi) is 6.12. The molecule has 0 aliphatic heterocycles. The smallest absolute Gasteiger partial charge is 0.224 e. The van der Waals surface area contributed by atoms with E-state index in [1.165, 1.54) is 12.8 Å². The maximum atomic E-state index is 12.2. The highest BCUT2D eigenvalue weighted by Gasteiger charge is 2.16. The third-order valence-corrected chi connectivity index (χ3v) is 5.23. The molecule has 0 unspecified atom stereocenters. The summed E-state index contributed by atoms with van der Waals surface area (Å²) < 4.78 is 7.08. The quantitative estimate of drug-likeness (QED) is 0.635. The minimum Gasteiger partial charge on any atom is -0.490 e. The summed E-state index contributed by atoms with van der Waals surface area (Å²) in [5, 5.41) is 2.98. The number of amides is 1. The topological polar surface area (TPSA) is 38.3 Å². The molecule has 0 saturated heterocycles. The van der Waals surface area contributed by atoms with Crippen molar-refractivity contribution in [3.05, 3.63) is 57.7 Å². The van der Waals surface area contributed by atoms with Crippen LogP contribution < -0.4 is 10.1 Å². The number of nitrogens with one attached hydrogen (secondary N) is 1. The molecular formula is C20H22INO2. The molecule has 1 fully saturated rings. The molecule has 3 nitrogen and oxygen atoms in total. The number of rotatable bonds is 6. The van der Waals surface area contributed by atoms with E-state index < -0.39 is 0 Å². The Morgan fingerprint density at radius 3 is 2.71 bits per heavy atom. The van der Waals surface area contributed by atoms with Crippen molar-refractivity contribution in [2.24, 2.45) is 0 Å². The molecule has 0 atom stereocenters. The van der Waals surface area contributed by atoms with Gasteiger partial charge in [-0.05, 0) is 84.5 Å². The maximum Gasteiger partial charge on any atom is 0.224 e. The summed E-state index contributed by atoms with van der Waals surface area (Å²) in [5.41, 5.74) is 2.02. The van der Waals surface area contributed by atoms with Crippen LogP contribution in [0.1, 0.15) is 37.7 Å². The molecule has 0 spiro atoms. The molecule has 126 valence electrons. The molecule has 0 heterocycles. The molecule has 1 N–H and O–H groups in total. The number of anilines is 1. The van der Waals surface area contributed by atoms with Gasteiger partial charge in [-0.1, -0.05) is 24.3 Å². The lowest BCUT2D eigenvalue weighted by Crippen LogP contribution is -2.13. The van der Waals surface area contributed by atoms with E-state index in [1.54, 1.807) is 0 Å². The number of para-hydroxylation sites is 1. The number of halogens is 1. The van der Waals surface area contributed by atoms with E-state index in [0.29, 0.717) is 12.5 Å². The summed E-state index contributed by atoms with van der Waals surface area (Å²) in [5.74, 6) is 0.971. The van der Waals surface area contributed by atoms with Crippen LogP contribution in [0.5, 0.6) is 5.75 Å². The second-order valence-electron chi connectivity index (χ2n) is 6.20. The van der Waals surface area contributed by atoms with Crippen molar-refractivity contribution in [2.45, 2.75) is 44.6 Å². The molecule has 4 heteroatoms. The Labute approximate surface area is 156 Å². The van der Waals surface area contributed by atoms with E-state index in [0.717, 1.165) is 39.8 Å². The number of benzene rings is 2. The highest BCUT2D eigenvalue weighted by atomic mass is 127. The first-order chi connectivity index (χ1) is 11.7. The van der Waals surface area contributed by atoms with E-state index >= 15 is 0 Å². The van der Waals surface area contributed by atoms with Crippen LogP contribution in [-0.2, 0) is 11.2 Å². The molecule has 0 bridgehead atoms. The second kappa shape index (κ2) is 8.51. The normalized spacial score (nSPS) is 14.5. The summed E-state index contributed by atoms with van der Waals surface area (Å²) in [6.45, 7) is 0. The molecular weight excluding hydrogens is 413 g/mol. The zero-order valence-electron chi connectivity index (χ0n) is 13.6. The predicted molar refractivity (Wildman–Crippen MR) is 105 cm³/mol. The Bertz CT molecular complexity index is 696. The fourth-order valence-corrected chi connectivity index (χ4v) is 3.53. The second-order valence-corrected chi connectivity index (χ2v) is 7.36. The van der Waals surface area contributed by atoms with Crippen LogP contribution >= 0.6 is 22.6 Å². The molecule has 2 aromatic rings. The molecule has 3 rings (SSSR count). The lowest BCUT2D eigenvalue weighted by molar-refractivity contribution is -0.116. The van der Waals surface area contributed by atoms with Gasteiger partial charge in [-0.15, -0.1) is 0 Å².